The van der Waals surface area contributed by atoms with Gasteiger partial charge in [0.15, 0.2) is 6.10 Å². The Morgan fingerprint density at radius 2 is 0.877 bits per heavy atom. The van der Waals surface area contributed by atoms with Gasteiger partial charge in [0.05, 0.1) is 27.7 Å². The summed E-state index contributed by atoms with van der Waals surface area (Å²) < 4.78 is 34.2. The first-order chi connectivity index (χ1) is 31.5. The molecule has 0 saturated heterocycles. The van der Waals surface area contributed by atoms with E-state index in [4.69, 9.17) is 18.5 Å². The first-order valence-electron chi connectivity index (χ1n) is 26.9. The summed E-state index contributed by atoms with van der Waals surface area (Å²) in [6.45, 7) is 4.26. The van der Waals surface area contributed by atoms with Crippen LogP contribution in [0.3, 0.4) is 0 Å². The van der Waals surface area contributed by atoms with Crippen LogP contribution in [-0.2, 0) is 32.7 Å². The second-order valence-electron chi connectivity index (χ2n) is 19.2. The number of ether oxygens (including phenoxy) is 2. The number of phosphoric ester groups is 1. The summed E-state index contributed by atoms with van der Waals surface area (Å²) in [6, 6.07) is 0. The molecule has 0 rings (SSSR count). The molecule has 0 radical (unpaired) electrons. The molecule has 0 aromatic heterocycles. The van der Waals surface area contributed by atoms with Gasteiger partial charge in [-0.05, 0) is 51.4 Å². The van der Waals surface area contributed by atoms with Crippen molar-refractivity contribution in [3.8, 4) is 0 Å². The maximum absolute atomic E-state index is 12.7. The molecule has 9 nitrogen and oxygen atoms in total. The van der Waals surface area contributed by atoms with Crippen molar-refractivity contribution in [3.63, 3.8) is 0 Å². The van der Waals surface area contributed by atoms with Gasteiger partial charge in [0.25, 0.3) is 0 Å². The number of phosphoric acid groups is 1. The fourth-order valence-corrected chi connectivity index (χ4v) is 8.22. The molecule has 0 heterocycles. The van der Waals surface area contributed by atoms with Crippen molar-refractivity contribution < 1.29 is 42.1 Å². The average Bonchev–Trinajstić information content (AvgIpc) is 3.26. The van der Waals surface area contributed by atoms with Crippen molar-refractivity contribution in [2.75, 3.05) is 47.5 Å². The third kappa shape index (κ3) is 51.2. The standard InChI is InChI=1S/C55H102NO8P/c1-6-8-10-12-14-15-16-17-18-19-20-21-22-23-24-25-26-27-28-29-30-31-32-33-34-35-36-37-38-39-40-41-42-44-46-48-55(58)64-53(51-61-54(57)47-45-43-13-11-9-7-2)52-63-65(59,60)62-50-49-56(3,4)5/h8,10,14-15,17-18,20-21,53H,6-7,9,11-13,16,19,22-52H2,1-5H3/p+1/b10-8-,15-14-,18-17-,21-20-. The Morgan fingerprint density at radius 1 is 0.492 bits per heavy atom. The molecular weight excluding hydrogens is 834 g/mol. The molecule has 2 unspecified atom stereocenters. The molecule has 0 saturated carbocycles. The molecule has 2 atom stereocenters. The van der Waals surface area contributed by atoms with Gasteiger partial charge in [-0.1, -0.05) is 223 Å². The number of esters is 2. The van der Waals surface area contributed by atoms with E-state index in [1.165, 1.54) is 141 Å². The highest BCUT2D eigenvalue weighted by Crippen LogP contribution is 2.43. The summed E-state index contributed by atoms with van der Waals surface area (Å²) in [6.07, 6.45) is 58.1. The first kappa shape index (κ1) is 63.0. The Kier molecular flexibility index (Phi) is 45.6. The number of rotatable bonds is 49. The van der Waals surface area contributed by atoms with Crippen LogP contribution in [-0.4, -0.2) is 74.9 Å². The maximum Gasteiger partial charge on any atom is 0.472 e. The highest BCUT2D eigenvalue weighted by Gasteiger charge is 2.27. The van der Waals surface area contributed by atoms with Crippen molar-refractivity contribution in [2.24, 2.45) is 0 Å². The van der Waals surface area contributed by atoms with Crippen LogP contribution in [0.15, 0.2) is 48.6 Å². The van der Waals surface area contributed by atoms with E-state index in [2.05, 4.69) is 62.5 Å². The quantitative estimate of drug-likeness (QED) is 0.0211. The zero-order valence-electron chi connectivity index (χ0n) is 43.0. The Morgan fingerprint density at radius 3 is 1.31 bits per heavy atom. The van der Waals surface area contributed by atoms with Gasteiger partial charge in [0.2, 0.25) is 0 Å². The minimum Gasteiger partial charge on any atom is -0.462 e. The van der Waals surface area contributed by atoms with Crippen LogP contribution in [0.2, 0.25) is 0 Å². The molecular formula is C55H103NO8P+. The van der Waals surface area contributed by atoms with Crippen LogP contribution in [0, 0.1) is 0 Å². The molecule has 0 aromatic carbocycles. The Labute approximate surface area is 401 Å². The van der Waals surface area contributed by atoms with Crippen molar-refractivity contribution in [1.29, 1.82) is 0 Å². The highest BCUT2D eigenvalue weighted by atomic mass is 31.2. The van der Waals surface area contributed by atoms with Gasteiger partial charge in [-0.15, -0.1) is 0 Å². The number of hydrogen-bond acceptors (Lipinski definition) is 7. The lowest BCUT2D eigenvalue weighted by molar-refractivity contribution is -0.870. The third-order valence-corrected chi connectivity index (χ3v) is 12.6. The van der Waals surface area contributed by atoms with E-state index in [0.717, 1.165) is 64.2 Å². The summed E-state index contributed by atoms with van der Waals surface area (Å²) in [5.74, 6) is -0.799. The van der Waals surface area contributed by atoms with Crippen LogP contribution in [0.4, 0.5) is 0 Å². The smallest absolute Gasteiger partial charge is 0.462 e. The maximum atomic E-state index is 12.7. The van der Waals surface area contributed by atoms with Crippen molar-refractivity contribution in [3.05, 3.63) is 48.6 Å². The van der Waals surface area contributed by atoms with Gasteiger partial charge in [0, 0.05) is 12.8 Å². The molecule has 1 N–H and O–H groups in total. The van der Waals surface area contributed by atoms with Gasteiger partial charge < -0.3 is 18.9 Å². The predicted octanol–water partition coefficient (Wildman–Crippen LogP) is 16.2. The fraction of sp³-hybridized carbons (Fsp3) is 0.818. The molecule has 0 aliphatic carbocycles. The van der Waals surface area contributed by atoms with Crippen molar-refractivity contribution in [1.82, 2.24) is 0 Å². The Bertz CT molecular complexity index is 1240. The van der Waals surface area contributed by atoms with Crippen LogP contribution in [0.5, 0.6) is 0 Å². The van der Waals surface area contributed by atoms with E-state index >= 15 is 0 Å². The van der Waals surface area contributed by atoms with Crippen molar-refractivity contribution >= 4 is 19.8 Å². The van der Waals surface area contributed by atoms with Crippen molar-refractivity contribution in [2.45, 2.75) is 245 Å². The second kappa shape index (κ2) is 47.1. The summed E-state index contributed by atoms with van der Waals surface area (Å²) >= 11 is 0. The van der Waals surface area contributed by atoms with Crippen LogP contribution in [0.1, 0.15) is 239 Å². The molecule has 380 valence electrons. The lowest BCUT2D eigenvalue weighted by Crippen LogP contribution is -2.37. The van der Waals surface area contributed by atoms with Gasteiger partial charge in [0.1, 0.15) is 19.8 Å². The third-order valence-electron chi connectivity index (χ3n) is 11.6. The number of carbonyl (C=O) groups is 2. The SMILES string of the molecule is CC/C=C\C/C=C\C/C=C\C/C=C\CCCCCCCCCCCCCCCCCCCCCCCCC(=O)OC(COC(=O)CCCCCCCC)COP(=O)(O)OCC[N+](C)(C)C. The van der Waals surface area contributed by atoms with E-state index in [0.29, 0.717) is 17.4 Å². The summed E-state index contributed by atoms with van der Waals surface area (Å²) in [5, 5.41) is 0. The molecule has 0 fully saturated rings. The summed E-state index contributed by atoms with van der Waals surface area (Å²) in [5.41, 5.74) is 0. The number of allylic oxidation sites excluding steroid dienone is 8. The predicted molar refractivity (Wildman–Crippen MR) is 275 cm³/mol. The molecule has 10 heteroatoms. The number of hydrogen-bond donors (Lipinski definition) is 1. The normalized spacial score (nSPS) is 13.8. The molecule has 0 aromatic rings. The fourth-order valence-electron chi connectivity index (χ4n) is 7.48. The monoisotopic (exact) mass is 937 g/mol. The van der Waals surface area contributed by atoms with E-state index < -0.39 is 26.5 Å². The summed E-state index contributed by atoms with van der Waals surface area (Å²) in [4.78, 5) is 35.2. The van der Waals surface area contributed by atoms with E-state index in [9.17, 15) is 19.0 Å². The summed E-state index contributed by atoms with van der Waals surface area (Å²) in [7, 11) is 1.48. The topological polar surface area (TPSA) is 108 Å². The van der Waals surface area contributed by atoms with E-state index in [1.54, 1.807) is 0 Å². The second-order valence-corrected chi connectivity index (χ2v) is 20.7. The number of quaternary nitrogens is 1. The van der Waals surface area contributed by atoms with Gasteiger partial charge in [-0.3, -0.25) is 18.6 Å². The van der Waals surface area contributed by atoms with E-state index in [-0.39, 0.29) is 32.0 Å². The zero-order valence-corrected chi connectivity index (χ0v) is 43.9. The minimum atomic E-state index is -4.37. The highest BCUT2D eigenvalue weighted by molar-refractivity contribution is 7.47. The molecule has 0 spiro atoms. The lowest BCUT2D eigenvalue weighted by Gasteiger charge is -2.24. The van der Waals surface area contributed by atoms with Gasteiger partial charge in [-0.2, -0.15) is 0 Å². The minimum absolute atomic E-state index is 0.0336. The van der Waals surface area contributed by atoms with Gasteiger partial charge in [-0.25, -0.2) is 4.57 Å². The van der Waals surface area contributed by atoms with E-state index in [1.807, 2.05) is 21.1 Å². The Balaban J connectivity index is 3.83. The molecule has 65 heavy (non-hydrogen) atoms. The number of likely N-dealkylation sites (N-methyl/N-ethyl adjacent to an activating group) is 1. The van der Waals surface area contributed by atoms with Crippen LogP contribution >= 0.6 is 7.82 Å². The lowest BCUT2D eigenvalue weighted by atomic mass is 10.0. The molecule has 0 aliphatic heterocycles. The van der Waals surface area contributed by atoms with Crippen LogP contribution in [0.25, 0.3) is 0 Å². The molecule has 0 amide bonds. The molecule has 0 aliphatic rings. The average molecular weight is 937 g/mol. The first-order valence-corrected chi connectivity index (χ1v) is 28.4. The number of nitrogens with zero attached hydrogens (tertiary/aromatic N) is 1. The number of unbranched alkanes of at least 4 members (excludes halogenated alkanes) is 27. The Hall–Kier alpha value is -2.03. The largest absolute Gasteiger partial charge is 0.472 e. The van der Waals surface area contributed by atoms with Crippen LogP contribution < -0.4 is 0 Å². The van der Waals surface area contributed by atoms with Gasteiger partial charge >= 0.3 is 19.8 Å². The number of carbonyl (C=O) groups excluding carboxylic acids is 2. The zero-order chi connectivity index (χ0) is 47.8. The molecule has 0 bridgehead atoms.